The van der Waals surface area contributed by atoms with Crippen LogP contribution in [0.3, 0.4) is 0 Å². The van der Waals surface area contributed by atoms with Crippen LogP contribution < -0.4 is 14.8 Å². The van der Waals surface area contributed by atoms with E-state index in [2.05, 4.69) is 11.9 Å². The highest BCUT2D eigenvalue weighted by Gasteiger charge is 2.29. The van der Waals surface area contributed by atoms with Gasteiger partial charge in [-0.15, -0.1) is 0 Å². The number of ether oxygens (including phenoxy) is 2. The maximum Gasteiger partial charge on any atom is 0.416 e. The van der Waals surface area contributed by atoms with Crippen molar-refractivity contribution in [2.75, 3.05) is 20.3 Å². The lowest BCUT2D eigenvalue weighted by Crippen LogP contribution is -2.25. The Morgan fingerprint density at radius 3 is 2.44 bits per heavy atom. The maximum absolute atomic E-state index is 12.5. The first kappa shape index (κ1) is 20.4. The van der Waals surface area contributed by atoms with E-state index in [1.807, 2.05) is 0 Å². The Balaban J connectivity index is 1.92. The molecule has 0 atom stereocenters. The lowest BCUT2D eigenvalue weighted by Gasteiger charge is -2.11. The van der Waals surface area contributed by atoms with Gasteiger partial charge in [0.25, 0.3) is 5.91 Å². The van der Waals surface area contributed by atoms with Crippen molar-refractivity contribution in [3.8, 4) is 11.5 Å². The minimum Gasteiger partial charge on any atom is -0.493 e. The predicted molar refractivity (Wildman–Crippen MR) is 96.2 cm³/mol. The number of alkyl halides is 3. The van der Waals surface area contributed by atoms with Gasteiger partial charge in [-0.05, 0) is 42.3 Å². The van der Waals surface area contributed by atoms with Gasteiger partial charge in [-0.1, -0.05) is 24.8 Å². The van der Waals surface area contributed by atoms with Gasteiger partial charge in [-0.3, -0.25) is 4.79 Å². The quantitative estimate of drug-likeness (QED) is 0.698. The molecule has 1 amide bonds. The number of rotatable bonds is 8. The zero-order valence-corrected chi connectivity index (χ0v) is 14.8. The second kappa shape index (κ2) is 9.12. The molecule has 0 unspecified atom stereocenters. The SMILES string of the molecule is C=CCOc1ccc(C(=O)NCCc2ccc(C(F)(F)F)cc2)cc1OC. The van der Waals surface area contributed by atoms with E-state index in [1.54, 1.807) is 24.3 Å². The van der Waals surface area contributed by atoms with E-state index in [0.29, 0.717) is 42.2 Å². The normalized spacial score (nSPS) is 11.0. The lowest BCUT2D eigenvalue weighted by atomic mass is 10.1. The van der Waals surface area contributed by atoms with Gasteiger partial charge in [0, 0.05) is 12.1 Å². The fourth-order valence-electron chi connectivity index (χ4n) is 2.36. The highest BCUT2D eigenvalue weighted by Crippen LogP contribution is 2.29. The number of amides is 1. The standard InChI is InChI=1S/C20H20F3NO3/c1-3-12-27-17-9-6-15(13-18(17)26-2)19(25)24-11-10-14-4-7-16(8-5-14)20(21,22)23/h3-9,13H,1,10-12H2,2H3,(H,24,25). The summed E-state index contributed by atoms with van der Waals surface area (Å²) in [5, 5.41) is 2.73. The Kier molecular flexibility index (Phi) is 6.87. The number of benzene rings is 2. The third-order valence-electron chi connectivity index (χ3n) is 3.76. The van der Waals surface area contributed by atoms with Crippen LogP contribution in [0, 0.1) is 0 Å². The second-order valence-electron chi connectivity index (χ2n) is 5.67. The molecule has 0 aromatic heterocycles. The molecule has 1 N–H and O–H groups in total. The molecular formula is C20H20F3NO3. The van der Waals surface area contributed by atoms with Gasteiger partial charge in [-0.2, -0.15) is 13.2 Å². The van der Waals surface area contributed by atoms with Crippen molar-refractivity contribution in [1.82, 2.24) is 5.32 Å². The molecule has 0 aliphatic heterocycles. The number of carbonyl (C=O) groups excluding carboxylic acids is 1. The van der Waals surface area contributed by atoms with Crippen molar-refractivity contribution in [3.63, 3.8) is 0 Å². The van der Waals surface area contributed by atoms with E-state index in [-0.39, 0.29) is 5.91 Å². The number of nitrogens with one attached hydrogen (secondary N) is 1. The summed E-state index contributed by atoms with van der Waals surface area (Å²) < 4.78 is 48.3. The van der Waals surface area contributed by atoms with Crippen LogP contribution in [0.15, 0.2) is 55.1 Å². The summed E-state index contributed by atoms with van der Waals surface area (Å²) in [7, 11) is 1.47. The van der Waals surface area contributed by atoms with Crippen LogP contribution in [0.4, 0.5) is 13.2 Å². The Morgan fingerprint density at radius 1 is 1.15 bits per heavy atom. The second-order valence-corrected chi connectivity index (χ2v) is 5.67. The molecular weight excluding hydrogens is 359 g/mol. The first-order valence-corrected chi connectivity index (χ1v) is 8.21. The summed E-state index contributed by atoms with van der Waals surface area (Å²) in [4.78, 5) is 12.2. The molecule has 0 fully saturated rings. The van der Waals surface area contributed by atoms with Crippen molar-refractivity contribution in [3.05, 3.63) is 71.8 Å². The number of hydrogen-bond acceptors (Lipinski definition) is 3. The Labute approximate surface area is 155 Å². The summed E-state index contributed by atoms with van der Waals surface area (Å²) in [6.45, 7) is 4.17. The molecule has 144 valence electrons. The van der Waals surface area contributed by atoms with Crippen molar-refractivity contribution in [1.29, 1.82) is 0 Å². The molecule has 4 nitrogen and oxygen atoms in total. The van der Waals surface area contributed by atoms with Crippen molar-refractivity contribution in [2.24, 2.45) is 0 Å². The van der Waals surface area contributed by atoms with E-state index in [4.69, 9.17) is 9.47 Å². The monoisotopic (exact) mass is 379 g/mol. The largest absolute Gasteiger partial charge is 0.493 e. The summed E-state index contributed by atoms with van der Waals surface area (Å²) in [6, 6.07) is 9.68. The molecule has 0 saturated carbocycles. The molecule has 2 aromatic carbocycles. The van der Waals surface area contributed by atoms with Crippen LogP contribution in [0.1, 0.15) is 21.5 Å². The Hall–Kier alpha value is -2.96. The van der Waals surface area contributed by atoms with Gasteiger partial charge in [-0.25, -0.2) is 0 Å². The molecule has 0 aliphatic carbocycles. The minimum absolute atomic E-state index is 0.293. The number of methoxy groups -OCH3 is 1. The molecule has 7 heteroatoms. The molecule has 2 aromatic rings. The van der Waals surface area contributed by atoms with Crippen LogP contribution in [0.25, 0.3) is 0 Å². The van der Waals surface area contributed by atoms with E-state index >= 15 is 0 Å². The van der Waals surface area contributed by atoms with Crippen LogP contribution >= 0.6 is 0 Å². The van der Waals surface area contributed by atoms with Gasteiger partial charge >= 0.3 is 6.18 Å². The number of carbonyl (C=O) groups is 1. The molecule has 0 radical (unpaired) electrons. The first-order valence-electron chi connectivity index (χ1n) is 8.21. The molecule has 0 saturated heterocycles. The molecule has 0 heterocycles. The molecule has 27 heavy (non-hydrogen) atoms. The predicted octanol–water partition coefficient (Wildman–Crippen LogP) is 4.25. The topological polar surface area (TPSA) is 47.6 Å². The fourth-order valence-corrected chi connectivity index (χ4v) is 2.36. The third kappa shape index (κ3) is 5.77. The van der Waals surface area contributed by atoms with Gasteiger partial charge in [0.05, 0.1) is 12.7 Å². The molecule has 2 rings (SSSR count). The highest BCUT2D eigenvalue weighted by atomic mass is 19.4. The zero-order valence-electron chi connectivity index (χ0n) is 14.8. The molecule has 0 bridgehead atoms. The van der Waals surface area contributed by atoms with Crippen molar-refractivity contribution in [2.45, 2.75) is 12.6 Å². The zero-order chi connectivity index (χ0) is 19.9. The maximum atomic E-state index is 12.5. The lowest BCUT2D eigenvalue weighted by molar-refractivity contribution is -0.137. The van der Waals surface area contributed by atoms with Gasteiger partial charge < -0.3 is 14.8 Å². The van der Waals surface area contributed by atoms with Crippen molar-refractivity contribution < 1.29 is 27.4 Å². The smallest absolute Gasteiger partial charge is 0.416 e. The Morgan fingerprint density at radius 2 is 1.85 bits per heavy atom. The third-order valence-corrected chi connectivity index (χ3v) is 3.76. The molecule has 0 aliphatic rings. The van der Waals surface area contributed by atoms with Gasteiger partial charge in [0.2, 0.25) is 0 Å². The first-order chi connectivity index (χ1) is 12.8. The van der Waals surface area contributed by atoms with Gasteiger partial charge in [0.15, 0.2) is 11.5 Å². The van der Waals surface area contributed by atoms with Crippen LogP contribution in [0.5, 0.6) is 11.5 Å². The van der Waals surface area contributed by atoms with E-state index in [9.17, 15) is 18.0 Å². The fraction of sp³-hybridized carbons (Fsp3) is 0.250. The van der Waals surface area contributed by atoms with Crippen molar-refractivity contribution >= 4 is 5.91 Å². The van der Waals surface area contributed by atoms with Gasteiger partial charge in [0.1, 0.15) is 6.61 Å². The average Bonchev–Trinajstić information content (AvgIpc) is 2.65. The minimum atomic E-state index is -4.35. The summed E-state index contributed by atoms with van der Waals surface area (Å²) >= 11 is 0. The number of hydrogen-bond donors (Lipinski definition) is 1. The van der Waals surface area contributed by atoms with E-state index in [0.717, 1.165) is 12.1 Å². The van der Waals surface area contributed by atoms with Crippen LogP contribution in [-0.4, -0.2) is 26.2 Å². The Bertz CT molecular complexity index is 786. The van der Waals surface area contributed by atoms with E-state index < -0.39 is 11.7 Å². The molecule has 0 spiro atoms. The van der Waals surface area contributed by atoms with E-state index in [1.165, 1.54) is 19.2 Å². The van der Waals surface area contributed by atoms with Crippen LogP contribution in [-0.2, 0) is 12.6 Å². The summed E-state index contributed by atoms with van der Waals surface area (Å²) in [6.07, 6.45) is -2.34. The number of halogens is 3. The average molecular weight is 379 g/mol. The summed E-state index contributed by atoms with van der Waals surface area (Å²) in [5.74, 6) is 0.612. The highest BCUT2D eigenvalue weighted by molar-refractivity contribution is 5.94. The van der Waals surface area contributed by atoms with Crippen LogP contribution in [0.2, 0.25) is 0 Å². The summed E-state index contributed by atoms with van der Waals surface area (Å²) in [5.41, 5.74) is 0.403.